The van der Waals surface area contributed by atoms with Gasteiger partial charge in [-0.1, -0.05) is 43.5 Å². The van der Waals surface area contributed by atoms with Crippen molar-refractivity contribution in [2.45, 2.75) is 97.6 Å². The highest BCUT2D eigenvalue weighted by atomic mass is 16.2. The Bertz CT molecular complexity index is 1060. The number of anilines is 2. The van der Waals surface area contributed by atoms with Crippen molar-refractivity contribution in [1.82, 2.24) is 10.6 Å². The van der Waals surface area contributed by atoms with Gasteiger partial charge in [0.25, 0.3) is 11.8 Å². The lowest BCUT2D eigenvalue weighted by molar-refractivity contribution is -0.117. The van der Waals surface area contributed by atoms with Crippen LogP contribution < -0.4 is 21.3 Å². The van der Waals surface area contributed by atoms with E-state index in [9.17, 15) is 19.2 Å². The molecule has 4 N–H and O–H groups in total. The Morgan fingerprint density at radius 3 is 1.23 bits per heavy atom. The van der Waals surface area contributed by atoms with E-state index in [4.69, 9.17) is 0 Å². The van der Waals surface area contributed by atoms with Gasteiger partial charge in [0, 0.05) is 23.9 Å². The summed E-state index contributed by atoms with van der Waals surface area (Å²) in [4.78, 5) is 50.0. The van der Waals surface area contributed by atoms with Crippen LogP contribution in [0.1, 0.15) is 107 Å². The first-order valence-electron chi connectivity index (χ1n) is 13.7. The van der Waals surface area contributed by atoms with E-state index in [0.29, 0.717) is 35.3 Å². The van der Waals surface area contributed by atoms with E-state index in [1.54, 1.807) is 48.5 Å². The molecule has 2 aromatic carbocycles. The first-order chi connectivity index (χ1) is 18.2. The molecular weight excluding hydrogens is 492 g/mol. The lowest BCUT2D eigenvalue weighted by Gasteiger charge is -2.21. The third kappa shape index (κ3) is 12.1. The molecular formula is C31H44N4O4. The summed E-state index contributed by atoms with van der Waals surface area (Å²) in [5.74, 6) is -0.697. The Balaban J connectivity index is 1.69. The number of para-hydroxylation sites is 2. The predicted molar refractivity (Wildman–Crippen MR) is 157 cm³/mol. The SMILES string of the molecule is CC(C)(C)NC(=O)c1ccccc1NC(=O)CCCCCCCC(=O)Nc1ccccc1C(=O)NC(C)(C)C. The molecule has 0 atom stereocenters. The standard InChI is InChI=1S/C31H44N4O4/c1-30(2,3)34-28(38)22-16-12-14-18-24(22)32-26(36)20-10-8-7-9-11-21-27(37)33-25-19-15-13-17-23(25)29(39)35-31(4,5)6/h12-19H,7-11,20-21H2,1-6H3,(H,32,36)(H,33,37)(H,34,38)(H,35,39). The summed E-state index contributed by atoms with van der Waals surface area (Å²) < 4.78 is 0. The molecule has 0 fully saturated rings. The molecule has 0 aliphatic carbocycles. The number of unbranched alkanes of at least 4 members (excludes halogenated alkanes) is 4. The Kier molecular flexibility index (Phi) is 11.7. The fourth-order valence-electron chi connectivity index (χ4n) is 3.92. The zero-order chi connectivity index (χ0) is 29.1. The van der Waals surface area contributed by atoms with Crippen LogP contribution in [-0.2, 0) is 9.59 Å². The van der Waals surface area contributed by atoms with Crippen molar-refractivity contribution < 1.29 is 19.2 Å². The largest absolute Gasteiger partial charge is 0.347 e. The molecule has 0 aliphatic rings. The van der Waals surface area contributed by atoms with Crippen LogP contribution in [0.2, 0.25) is 0 Å². The van der Waals surface area contributed by atoms with Crippen molar-refractivity contribution in [1.29, 1.82) is 0 Å². The summed E-state index contributed by atoms with van der Waals surface area (Å²) in [6, 6.07) is 14.0. The van der Waals surface area contributed by atoms with Gasteiger partial charge in [-0.3, -0.25) is 19.2 Å². The van der Waals surface area contributed by atoms with E-state index < -0.39 is 0 Å². The molecule has 0 bridgehead atoms. The second-order valence-electron chi connectivity index (χ2n) is 11.9. The Hall–Kier alpha value is -3.68. The van der Waals surface area contributed by atoms with Gasteiger partial charge in [0.05, 0.1) is 22.5 Å². The van der Waals surface area contributed by atoms with Gasteiger partial charge in [0.1, 0.15) is 0 Å². The monoisotopic (exact) mass is 536 g/mol. The van der Waals surface area contributed by atoms with Crippen LogP contribution in [0.15, 0.2) is 48.5 Å². The third-order valence-electron chi connectivity index (χ3n) is 5.68. The highest BCUT2D eigenvalue weighted by Gasteiger charge is 2.19. The van der Waals surface area contributed by atoms with Gasteiger partial charge in [-0.15, -0.1) is 0 Å². The van der Waals surface area contributed by atoms with Crippen molar-refractivity contribution in [2.24, 2.45) is 0 Å². The fourth-order valence-corrected chi connectivity index (χ4v) is 3.92. The van der Waals surface area contributed by atoms with E-state index in [0.717, 1.165) is 32.1 Å². The molecule has 0 saturated heterocycles. The number of nitrogens with one attached hydrogen (secondary N) is 4. The van der Waals surface area contributed by atoms with E-state index in [1.807, 2.05) is 41.5 Å². The van der Waals surface area contributed by atoms with Crippen molar-refractivity contribution in [3.8, 4) is 0 Å². The van der Waals surface area contributed by atoms with Crippen LogP contribution in [0.3, 0.4) is 0 Å². The highest BCUT2D eigenvalue weighted by molar-refractivity contribution is 6.04. The summed E-state index contributed by atoms with van der Waals surface area (Å²) in [7, 11) is 0. The zero-order valence-corrected chi connectivity index (χ0v) is 24.2. The normalized spacial score (nSPS) is 11.4. The molecule has 0 aliphatic heterocycles. The van der Waals surface area contributed by atoms with Crippen molar-refractivity contribution >= 4 is 35.0 Å². The van der Waals surface area contributed by atoms with Gasteiger partial charge >= 0.3 is 0 Å². The van der Waals surface area contributed by atoms with E-state index in [2.05, 4.69) is 21.3 Å². The molecule has 0 radical (unpaired) electrons. The van der Waals surface area contributed by atoms with Crippen LogP contribution in [-0.4, -0.2) is 34.7 Å². The maximum atomic E-state index is 12.6. The maximum absolute atomic E-state index is 12.6. The van der Waals surface area contributed by atoms with Gasteiger partial charge in [-0.25, -0.2) is 0 Å². The van der Waals surface area contributed by atoms with Gasteiger partial charge in [0.15, 0.2) is 0 Å². The summed E-state index contributed by atoms with van der Waals surface area (Å²) in [6.45, 7) is 11.5. The van der Waals surface area contributed by atoms with Gasteiger partial charge in [0.2, 0.25) is 11.8 Å². The minimum atomic E-state index is -0.373. The molecule has 0 unspecified atom stereocenters. The number of hydrogen-bond acceptors (Lipinski definition) is 4. The predicted octanol–water partition coefficient (Wildman–Crippen LogP) is 6.05. The lowest BCUT2D eigenvalue weighted by Crippen LogP contribution is -2.40. The highest BCUT2D eigenvalue weighted by Crippen LogP contribution is 2.19. The van der Waals surface area contributed by atoms with Crippen LogP contribution in [0, 0.1) is 0 Å². The second-order valence-corrected chi connectivity index (χ2v) is 11.9. The second kappa shape index (κ2) is 14.5. The average Bonchev–Trinajstić information content (AvgIpc) is 2.82. The first-order valence-corrected chi connectivity index (χ1v) is 13.7. The fraction of sp³-hybridized carbons (Fsp3) is 0.484. The molecule has 212 valence electrons. The number of carbonyl (C=O) groups excluding carboxylic acids is 4. The van der Waals surface area contributed by atoms with Crippen LogP contribution >= 0.6 is 0 Å². The number of rotatable bonds is 12. The van der Waals surface area contributed by atoms with Crippen LogP contribution in [0.4, 0.5) is 11.4 Å². The molecule has 2 aromatic rings. The van der Waals surface area contributed by atoms with E-state index in [1.165, 1.54) is 0 Å². The molecule has 2 rings (SSSR count). The molecule has 8 heteroatoms. The Labute approximate surface area is 232 Å². The van der Waals surface area contributed by atoms with Gasteiger partial charge < -0.3 is 21.3 Å². The van der Waals surface area contributed by atoms with Crippen LogP contribution in [0.25, 0.3) is 0 Å². The lowest BCUT2D eigenvalue weighted by atomic mass is 10.1. The van der Waals surface area contributed by atoms with Crippen LogP contribution in [0.5, 0.6) is 0 Å². The van der Waals surface area contributed by atoms with Gasteiger partial charge in [-0.05, 0) is 78.6 Å². The number of hydrogen-bond donors (Lipinski definition) is 4. The van der Waals surface area contributed by atoms with Gasteiger partial charge in [-0.2, -0.15) is 0 Å². The number of carbonyl (C=O) groups is 4. The number of amides is 4. The molecule has 4 amide bonds. The Morgan fingerprint density at radius 2 is 0.872 bits per heavy atom. The summed E-state index contributed by atoms with van der Waals surface area (Å²) in [6.07, 6.45) is 4.84. The topological polar surface area (TPSA) is 116 Å². The van der Waals surface area contributed by atoms with Crippen molar-refractivity contribution in [2.75, 3.05) is 10.6 Å². The quantitative estimate of drug-likeness (QED) is 0.247. The summed E-state index contributed by atoms with van der Waals surface area (Å²) in [5.41, 5.74) is 1.15. The third-order valence-corrected chi connectivity index (χ3v) is 5.68. The average molecular weight is 537 g/mol. The van der Waals surface area contributed by atoms with E-state index >= 15 is 0 Å². The molecule has 0 heterocycles. The molecule has 0 spiro atoms. The van der Waals surface area contributed by atoms with E-state index in [-0.39, 0.29) is 34.7 Å². The molecule has 39 heavy (non-hydrogen) atoms. The number of benzene rings is 2. The smallest absolute Gasteiger partial charge is 0.253 e. The Morgan fingerprint density at radius 1 is 0.538 bits per heavy atom. The minimum absolute atomic E-state index is 0.125. The minimum Gasteiger partial charge on any atom is -0.347 e. The first kappa shape index (κ1) is 31.5. The molecule has 8 nitrogen and oxygen atoms in total. The summed E-state index contributed by atoms with van der Waals surface area (Å²) in [5, 5.41) is 11.6. The molecule has 0 aromatic heterocycles. The zero-order valence-electron chi connectivity index (χ0n) is 24.2. The van der Waals surface area contributed by atoms with Crippen molar-refractivity contribution in [3.05, 3.63) is 59.7 Å². The van der Waals surface area contributed by atoms with Crippen molar-refractivity contribution in [3.63, 3.8) is 0 Å². The maximum Gasteiger partial charge on any atom is 0.253 e. The summed E-state index contributed by atoms with van der Waals surface area (Å²) >= 11 is 0. The molecule has 0 saturated carbocycles.